The number of amides is 2. The summed E-state index contributed by atoms with van der Waals surface area (Å²) < 4.78 is 22.8. The zero-order valence-corrected chi connectivity index (χ0v) is 23.5. The predicted molar refractivity (Wildman–Crippen MR) is 152 cm³/mol. The van der Waals surface area contributed by atoms with Gasteiger partial charge < -0.3 is 23.8 Å². The second kappa shape index (κ2) is 11.4. The second-order valence-electron chi connectivity index (χ2n) is 11.0. The van der Waals surface area contributed by atoms with E-state index in [-0.39, 0.29) is 30.4 Å². The molecular formula is C32H35N3O6. The van der Waals surface area contributed by atoms with Crippen molar-refractivity contribution in [3.05, 3.63) is 82.9 Å². The highest BCUT2D eigenvalue weighted by Gasteiger charge is 2.42. The third-order valence-electron chi connectivity index (χ3n) is 8.54. The van der Waals surface area contributed by atoms with E-state index in [2.05, 4.69) is 10.3 Å². The molecule has 9 nitrogen and oxygen atoms in total. The van der Waals surface area contributed by atoms with Gasteiger partial charge in [-0.15, -0.1) is 0 Å². The van der Waals surface area contributed by atoms with Gasteiger partial charge in [0.15, 0.2) is 11.5 Å². The van der Waals surface area contributed by atoms with Crippen molar-refractivity contribution in [3.63, 3.8) is 0 Å². The highest BCUT2D eigenvalue weighted by molar-refractivity contribution is 6.21. The van der Waals surface area contributed by atoms with Crippen molar-refractivity contribution >= 4 is 11.8 Å². The molecule has 0 spiro atoms. The first-order chi connectivity index (χ1) is 20.0. The van der Waals surface area contributed by atoms with Crippen LogP contribution in [0.15, 0.2) is 60.7 Å². The van der Waals surface area contributed by atoms with Gasteiger partial charge in [-0.25, -0.2) is 10.4 Å². The van der Waals surface area contributed by atoms with Crippen molar-refractivity contribution in [1.82, 2.24) is 15.3 Å². The molecule has 4 aliphatic rings. The van der Waals surface area contributed by atoms with Gasteiger partial charge in [-0.3, -0.25) is 9.59 Å². The smallest absolute Gasteiger partial charge is 0.276 e. The van der Waals surface area contributed by atoms with E-state index in [4.69, 9.17) is 18.9 Å². The van der Waals surface area contributed by atoms with E-state index in [9.17, 15) is 9.59 Å². The predicted octanol–water partition coefficient (Wildman–Crippen LogP) is 4.45. The minimum Gasteiger partial charge on any atom is -0.497 e. The number of ether oxygens (including phenoxy) is 4. The van der Waals surface area contributed by atoms with Crippen LogP contribution in [0.1, 0.15) is 51.1 Å². The van der Waals surface area contributed by atoms with Crippen LogP contribution in [0.25, 0.3) is 0 Å². The third-order valence-corrected chi connectivity index (χ3v) is 8.54. The zero-order chi connectivity index (χ0) is 28.4. The topological polar surface area (TPSA) is 89.6 Å². The van der Waals surface area contributed by atoms with Crippen molar-refractivity contribution < 1.29 is 28.5 Å². The number of methoxy groups -OCH3 is 2. The zero-order valence-electron chi connectivity index (χ0n) is 23.5. The van der Waals surface area contributed by atoms with Crippen LogP contribution in [-0.2, 0) is 13.2 Å². The largest absolute Gasteiger partial charge is 0.497 e. The van der Waals surface area contributed by atoms with Gasteiger partial charge in [0, 0.05) is 6.54 Å². The lowest BCUT2D eigenvalue weighted by Gasteiger charge is -2.48. The number of rotatable bonds is 11. The first-order valence-corrected chi connectivity index (χ1v) is 14.0. The van der Waals surface area contributed by atoms with Crippen molar-refractivity contribution in [2.75, 3.05) is 40.4 Å². The van der Waals surface area contributed by atoms with Crippen LogP contribution in [0.4, 0.5) is 0 Å². The van der Waals surface area contributed by atoms with E-state index in [1.807, 2.05) is 48.5 Å². The van der Waals surface area contributed by atoms with Gasteiger partial charge in [0.1, 0.15) is 24.7 Å². The Labute approximate surface area is 239 Å². The molecule has 1 N–H and O–H groups in total. The summed E-state index contributed by atoms with van der Waals surface area (Å²) in [6, 6.07) is 18.4. The van der Waals surface area contributed by atoms with Gasteiger partial charge in [-0.05, 0) is 91.8 Å². The van der Waals surface area contributed by atoms with Crippen LogP contribution in [0, 0.1) is 5.41 Å². The van der Waals surface area contributed by atoms with Crippen molar-refractivity contribution in [1.29, 1.82) is 0 Å². The van der Waals surface area contributed by atoms with Gasteiger partial charge in [0.2, 0.25) is 0 Å². The fourth-order valence-electron chi connectivity index (χ4n) is 5.79. The van der Waals surface area contributed by atoms with Gasteiger partial charge in [-0.1, -0.05) is 24.3 Å². The van der Waals surface area contributed by atoms with Gasteiger partial charge in [0.05, 0.1) is 25.3 Å². The van der Waals surface area contributed by atoms with Crippen LogP contribution in [0.2, 0.25) is 0 Å². The SMILES string of the molecule is COc1ccc(COc2cc3c(cc2OCc2ccc(OC)cc2)C(=O)N(NCC24CCN(CC2)CC4)C3=O)cc1. The molecule has 7 rings (SSSR count). The summed E-state index contributed by atoms with van der Waals surface area (Å²) in [5.41, 5.74) is 5.79. The highest BCUT2D eigenvalue weighted by atomic mass is 16.5. The Balaban J connectivity index is 1.22. The Morgan fingerprint density at radius 1 is 0.707 bits per heavy atom. The van der Waals surface area contributed by atoms with Crippen LogP contribution < -0.4 is 24.4 Å². The first-order valence-electron chi connectivity index (χ1n) is 14.0. The number of imide groups is 1. The number of hydrogen-bond acceptors (Lipinski definition) is 8. The molecule has 0 unspecified atom stereocenters. The van der Waals surface area contributed by atoms with E-state index in [1.54, 1.807) is 26.4 Å². The number of nitrogens with zero attached hydrogens (tertiary/aromatic N) is 2. The minimum atomic E-state index is -0.370. The van der Waals surface area contributed by atoms with Crippen LogP contribution >= 0.6 is 0 Å². The second-order valence-corrected chi connectivity index (χ2v) is 11.0. The average molecular weight is 558 g/mol. The molecule has 0 aromatic heterocycles. The molecule has 3 fully saturated rings. The summed E-state index contributed by atoms with van der Waals surface area (Å²) in [5, 5.41) is 1.17. The Morgan fingerprint density at radius 2 is 1.15 bits per heavy atom. The quantitative estimate of drug-likeness (QED) is 0.346. The van der Waals surface area contributed by atoms with E-state index in [1.165, 1.54) is 5.01 Å². The maximum Gasteiger partial charge on any atom is 0.276 e. The molecular weight excluding hydrogens is 522 g/mol. The summed E-state index contributed by atoms with van der Waals surface area (Å²) in [6.07, 6.45) is 3.24. The Hall–Kier alpha value is -4.08. The summed E-state index contributed by atoms with van der Waals surface area (Å²) >= 11 is 0. The number of carbonyl (C=O) groups excluding carboxylic acids is 2. The van der Waals surface area contributed by atoms with Gasteiger partial charge >= 0.3 is 0 Å². The average Bonchev–Trinajstić information content (AvgIpc) is 3.26. The minimum absolute atomic E-state index is 0.128. The number of hydrazine groups is 1. The molecule has 214 valence electrons. The Bertz CT molecular complexity index is 1310. The molecule has 3 saturated heterocycles. The third kappa shape index (κ3) is 5.60. The van der Waals surface area contributed by atoms with Crippen LogP contribution in [0.5, 0.6) is 23.0 Å². The molecule has 0 aliphatic carbocycles. The molecule has 4 aliphatic heterocycles. The first kappa shape index (κ1) is 27.1. The van der Waals surface area contributed by atoms with Crippen LogP contribution in [-0.4, -0.2) is 62.1 Å². The molecule has 3 aromatic carbocycles. The van der Waals surface area contributed by atoms with Crippen LogP contribution in [0.3, 0.4) is 0 Å². The van der Waals surface area contributed by atoms with Gasteiger partial charge in [-0.2, -0.15) is 0 Å². The molecule has 0 radical (unpaired) electrons. The summed E-state index contributed by atoms with van der Waals surface area (Å²) in [7, 11) is 3.24. The lowest BCUT2D eigenvalue weighted by Crippen LogP contribution is -2.55. The molecule has 9 heteroatoms. The molecule has 3 aromatic rings. The normalized spacial score (nSPS) is 21.1. The summed E-state index contributed by atoms with van der Waals surface area (Å²) in [5.74, 6) is 1.56. The monoisotopic (exact) mass is 557 g/mol. The van der Waals surface area contributed by atoms with Crippen molar-refractivity contribution in [2.24, 2.45) is 5.41 Å². The van der Waals surface area contributed by atoms with Gasteiger partial charge in [0.25, 0.3) is 11.8 Å². The van der Waals surface area contributed by atoms with E-state index in [0.29, 0.717) is 29.2 Å². The lowest BCUT2D eigenvalue weighted by molar-refractivity contribution is 0.0114. The standard InChI is InChI=1S/C32H35N3O6/c1-38-24-7-3-22(4-8-24)19-40-28-17-26-27(18-29(28)41-20-23-5-9-25(39-2)10-6-23)31(37)35(30(26)36)33-21-32-11-14-34(15-12-32)16-13-32/h3-10,17-18,33H,11-16,19-21H2,1-2H3. The Morgan fingerprint density at radius 3 is 1.56 bits per heavy atom. The number of piperidine rings is 3. The molecule has 2 amide bonds. The maximum absolute atomic E-state index is 13.4. The molecule has 4 heterocycles. The molecule has 41 heavy (non-hydrogen) atoms. The Kier molecular flexibility index (Phi) is 7.55. The number of benzene rings is 3. The number of hydrogen-bond donors (Lipinski definition) is 1. The van der Waals surface area contributed by atoms with Crippen molar-refractivity contribution in [3.8, 4) is 23.0 Å². The van der Waals surface area contributed by atoms with E-state index in [0.717, 1.165) is 61.5 Å². The number of fused-ring (bicyclic) bond motifs is 4. The molecule has 2 bridgehead atoms. The van der Waals surface area contributed by atoms with Crippen molar-refractivity contribution in [2.45, 2.75) is 32.5 Å². The lowest BCUT2D eigenvalue weighted by atomic mass is 9.72. The molecule has 0 atom stereocenters. The number of carbonyl (C=O) groups is 2. The van der Waals surface area contributed by atoms with E-state index >= 15 is 0 Å². The summed E-state index contributed by atoms with van der Waals surface area (Å²) in [6.45, 7) is 4.35. The maximum atomic E-state index is 13.4. The summed E-state index contributed by atoms with van der Waals surface area (Å²) in [4.78, 5) is 29.4. The number of nitrogens with one attached hydrogen (secondary N) is 1. The highest BCUT2D eigenvalue weighted by Crippen LogP contribution is 2.40. The molecule has 0 saturated carbocycles. The fraction of sp³-hybridized carbons (Fsp3) is 0.375. The van der Waals surface area contributed by atoms with E-state index < -0.39 is 0 Å². The fourth-order valence-corrected chi connectivity index (χ4v) is 5.79.